The van der Waals surface area contributed by atoms with Gasteiger partial charge in [0.2, 0.25) is 0 Å². The van der Waals surface area contributed by atoms with Crippen LogP contribution in [0.1, 0.15) is 30.9 Å². The highest BCUT2D eigenvalue weighted by Crippen LogP contribution is 2.31. The number of hydrogen-bond donors (Lipinski definition) is 1. The van der Waals surface area contributed by atoms with Crippen LogP contribution in [0.2, 0.25) is 5.02 Å². The van der Waals surface area contributed by atoms with Crippen LogP contribution < -0.4 is 10.5 Å². The third-order valence-corrected chi connectivity index (χ3v) is 4.31. The number of piperidine rings is 1. The van der Waals surface area contributed by atoms with Gasteiger partial charge in [0.1, 0.15) is 5.75 Å². The molecule has 110 valence electrons. The van der Waals surface area contributed by atoms with Crippen molar-refractivity contribution in [3.63, 3.8) is 0 Å². The third kappa shape index (κ3) is 3.35. The standard InChI is InChI=1S/C16H23ClN2O/c1-3-9-19-10-5-4-6-14(19)16(18)12-7-8-13(17)15(11-12)20-2/h3,7-8,11,14,16H,1,4-6,9-10,18H2,2H3/t14?,16-/m0/s1. The molecule has 4 heteroatoms. The Morgan fingerprint density at radius 1 is 1.55 bits per heavy atom. The van der Waals surface area contributed by atoms with Crippen LogP contribution >= 0.6 is 11.6 Å². The van der Waals surface area contributed by atoms with Crippen molar-refractivity contribution in [2.45, 2.75) is 31.3 Å². The number of likely N-dealkylation sites (tertiary alicyclic amines) is 1. The molecule has 1 saturated heterocycles. The fourth-order valence-electron chi connectivity index (χ4n) is 2.92. The summed E-state index contributed by atoms with van der Waals surface area (Å²) < 4.78 is 5.28. The molecule has 1 fully saturated rings. The molecular weight excluding hydrogens is 272 g/mol. The van der Waals surface area contributed by atoms with Gasteiger partial charge in [0.15, 0.2) is 0 Å². The smallest absolute Gasteiger partial charge is 0.137 e. The molecule has 1 aliphatic rings. The van der Waals surface area contributed by atoms with Crippen molar-refractivity contribution in [1.82, 2.24) is 4.90 Å². The number of hydrogen-bond acceptors (Lipinski definition) is 3. The normalized spacial score (nSPS) is 21.4. The molecule has 0 spiro atoms. The van der Waals surface area contributed by atoms with Gasteiger partial charge >= 0.3 is 0 Å². The molecule has 1 heterocycles. The van der Waals surface area contributed by atoms with E-state index in [-0.39, 0.29) is 6.04 Å². The van der Waals surface area contributed by atoms with Crippen LogP contribution in [-0.2, 0) is 0 Å². The Bertz CT molecular complexity index is 464. The van der Waals surface area contributed by atoms with Gasteiger partial charge in [0.05, 0.1) is 12.1 Å². The van der Waals surface area contributed by atoms with Crippen molar-refractivity contribution < 1.29 is 4.74 Å². The summed E-state index contributed by atoms with van der Waals surface area (Å²) in [5.41, 5.74) is 7.57. The van der Waals surface area contributed by atoms with E-state index in [2.05, 4.69) is 11.5 Å². The van der Waals surface area contributed by atoms with Gasteiger partial charge in [0.25, 0.3) is 0 Å². The Labute approximate surface area is 126 Å². The van der Waals surface area contributed by atoms with Crippen LogP contribution in [0.3, 0.4) is 0 Å². The molecule has 0 aliphatic carbocycles. The van der Waals surface area contributed by atoms with Gasteiger partial charge in [-0.3, -0.25) is 4.90 Å². The molecule has 3 nitrogen and oxygen atoms in total. The molecule has 2 rings (SSSR count). The van der Waals surface area contributed by atoms with Crippen LogP contribution in [0, 0.1) is 0 Å². The first-order valence-corrected chi connectivity index (χ1v) is 7.49. The minimum Gasteiger partial charge on any atom is -0.495 e. The minimum absolute atomic E-state index is 0.0265. The van der Waals surface area contributed by atoms with Crippen molar-refractivity contribution in [3.05, 3.63) is 41.4 Å². The van der Waals surface area contributed by atoms with Crippen molar-refractivity contribution in [2.24, 2.45) is 5.73 Å². The number of halogens is 1. The molecule has 0 saturated carbocycles. The summed E-state index contributed by atoms with van der Waals surface area (Å²) in [4.78, 5) is 2.42. The Kier molecular flexibility index (Phi) is 5.46. The van der Waals surface area contributed by atoms with E-state index in [0.29, 0.717) is 16.8 Å². The summed E-state index contributed by atoms with van der Waals surface area (Å²) >= 11 is 6.08. The summed E-state index contributed by atoms with van der Waals surface area (Å²) in [6.45, 7) is 5.82. The Morgan fingerprint density at radius 3 is 3.05 bits per heavy atom. The number of methoxy groups -OCH3 is 1. The quantitative estimate of drug-likeness (QED) is 0.846. The highest BCUT2D eigenvalue weighted by Gasteiger charge is 2.28. The number of rotatable bonds is 5. The van der Waals surface area contributed by atoms with Gasteiger partial charge in [-0.05, 0) is 37.1 Å². The first kappa shape index (κ1) is 15.4. The van der Waals surface area contributed by atoms with E-state index in [1.165, 1.54) is 12.8 Å². The minimum atomic E-state index is -0.0265. The van der Waals surface area contributed by atoms with Crippen LogP contribution in [0.25, 0.3) is 0 Å². The molecule has 20 heavy (non-hydrogen) atoms. The summed E-state index contributed by atoms with van der Waals surface area (Å²) in [6, 6.07) is 6.13. The zero-order valence-electron chi connectivity index (χ0n) is 12.0. The lowest BCUT2D eigenvalue weighted by Crippen LogP contribution is -2.45. The van der Waals surface area contributed by atoms with E-state index >= 15 is 0 Å². The molecule has 1 aromatic rings. The monoisotopic (exact) mass is 294 g/mol. The number of nitrogens with two attached hydrogens (primary N) is 1. The molecule has 1 aliphatic heterocycles. The summed E-state index contributed by atoms with van der Waals surface area (Å²) in [5, 5.41) is 0.620. The lowest BCUT2D eigenvalue weighted by Gasteiger charge is -2.38. The van der Waals surface area contributed by atoms with E-state index < -0.39 is 0 Å². The lowest BCUT2D eigenvalue weighted by molar-refractivity contribution is 0.141. The number of benzene rings is 1. The molecule has 2 N–H and O–H groups in total. The largest absolute Gasteiger partial charge is 0.495 e. The zero-order chi connectivity index (χ0) is 14.5. The second-order valence-corrected chi connectivity index (χ2v) is 5.67. The Balaban J connectivity index is 2.19. The molecule has 0 radical (unpaired) electrons. The fraction of sp³-hybridized carbons (Fsp3) is 0.500. The van der Waals surface area contributed by atoms with Crippen molar-refractivity contribution >= 4 is 11.6 Å². The van der Waals surface area contributed by atoms with Crippen LogP contribution in [-0.4, -0.2) is 31.1 Å². The van der Waals surface area contributed by atoms with Gasteiger partial charge < -0.3 is 10.5 Å². The summed E-state index contributed by atoms with van der Waals surface area (Å²) in [5.74, 6) is 0.686. The van der Waals surface area contributed by atoms with E-state index in [1.807, 2.05) is 24.3 Å². The van der Waals surface area contributed by atoms with Gasteiger partial charge in [-0.1, -0.05) is 30.2 Å². The Hall–Kier alpha value is -1.03. The molecule has 0 amide bonds. The highest BCUT2D eigenvalue weighted by atomic mass is 35.5. The molecule has 2 atom stereocenters. The van der Waals surface area contributed by atoms with Crippen molar-refractivity contribution in [2.75, 3.05) is 20.2 Å². The molecular formula is C16H23ClN2O. The second-order valence-electron chi connectivity index (χ2n) is 5.27. The lowest BCUT2D eigenvalue weighted by atomic mass is 9.91. The van der Waals surface area contributed by atoms with Crippen molar-refractivity contribution in [1.29, 1.82) is 0 Å². The summed E-state index contributed by atoms with van der Waals surface area (Å²) in [7, 11) is 1.63. The maximum absolute atomic E-state index is 6.49. The number of ether oxygens (including phenoxy) is 1. The van der Waals surface area contributed by atoms with Gasteiger partial charge in [-0.15, -0.1) is 6.58 Å². The van der Waals surface area contributed by atoms with E-state index in [4.69, 9.17) is 22.1 Å². The van der Waals surface area contributed by atoms with Crippen LogP contribution in [0.5, 0.6) is 5.75 Å². The van der Waals surface area contributed by atoms with Gasteiger partial charge in [-0.2, -0.15) is 0 Å². The van der Waals surface area contributed by atoms with E-state index in [9.17, 15) is 0 Å². The van der Waals surface area contributed by atoms with Crippen LogP contribution in [0.15, 0.2) is 30.9 Å². The van der Waals surface area contributed by atoms with E-state index in [1.54, 1.807) is 7.11 Å². The average Bonchev–Trinajstić information content (AvgIpc) is 2.48. The van der Waals surface area contributed by atoms with Crippen LogP contribution in [0.4, 0.5) is 0 Å². The Morgan fingerprint density at radius 2 is 2.35 bits per heavy atom. The highest BCUT2D eigenvalue weighted by molar-refractivity contribution is 6.32. The zero-order valence-corrected chi connectivity index (χ0v) is 12.8. The topological polar surface area (TPSA) is 38.5 Å². The fourth-order valence-corrected chi connectivity index (χ4v) is 3.12. The molecule has 0 aromatic heterocycles. The maximum Gasteiger partial charge on any atom is 0.137 e. The van der Waals surface area contributed by atoms with Gasteiger partial charge in [0, 0.05) is 18.6 Å². The predicted molar refractivity (Wildman–Crippen MR) is 84.3 cm³/mol. The maximum atomic E-state index is 6.49. The van der Waals surface area contributed by atoms with E-state index in [0.717, 1.165) is 25.1 Å². The molecule has 1 aromatic carbocycles. The molecule has 1 unspecified atom stereocenters. The predicted octanol–water partition coefficient (Wildman–Crippen LogP) is 3.39. The van der Waals surface area contributed by atoms with Crippen molar-refractivity contribution in [3.8, 4) is 5.75 Å². The SMILES string of the molecule is C=CCN1CCCCC1[C@@H](N)c1ccc(Cl)c(OC)c1. The second kappa shape index (κ2) is 7.11. The van der Waals surface area contributed by atoms with Gasteiger partial charge in [-0.25, -0.2) is 0 Å². The number of nitrogens with zero attached hydrogens (tertiary/aromatic N) is 1. The molecule has 0 bridgehead atoms. The average molecular weight is 295 g/mol. The first-order chi connectivity index (χ1) is 9.67. The first-order valence-electron chi connectivity index (χ1n) is 7.11. The summed E-state index contributed by atoms with van der Waals surface area (Å²) in [6.07, 6.45) is 5.55. The third-order valence-electron chi connectivity index (χ3n) is 4.00.